The Morgan fingerprint density at radius 1 is 1.23 bits per heavy atom. The monoisotopic (exact) mass is 417 g/mol. The fraction of sp³-hybridized carbons (Fsp3) is 0.417. The predicted octanol–water partition coefficient (Wildman–Crippen LogP) is 3.44. The molecule has 7 nitrogen and oxygen atoms in total. The smallest absolute Gasteiger partial charge is 0.274 e. The van der Waals surface area contributed by atoms with Gasteiger partial charge in [0.05, 0.1) is 12.3 Å². The topological polar surface area (TPSA) is 84.0 Å². The molecule has 0 aliphatic carbocycles. The van der Waals surface area contributed by atoms with E-state index in [9.17, 15) is 4.79 Å². The van der Waals surface area contributed by atoms with Crippen LogP contribution in [0.2, 0.25) is 0 Å². The van der Waals surface area contributed by atoms with E-state index in [4.69, 9.17) is 9.72 Å². The number of aromatic amines is 1. The van der Waals surface area contributed by atoms with Crippen LogP contribution < -0.4 is 0 Å². The summed E-state index contributed by atoms with van der Waals surface area (Å²) < 4.78 is 6.35. The minimum absolute atomic E-state index is 0.00741. The summed E-state index contributed by atoms with van der Waals surface area (Å²) in [4.78, 5) is 24.5. The zero-order valence-corrected chi connectivity index (χ0v) is 18.0. The Bertz CT molecular complexity index is 1100. The average Bonchev–Trinajstić information content (AvgIpc) is 3.20. The molecule has 0 radical (unpaired) electrons. The lowest BCUT2D eigenvalue weighted by atomic mass is 9.83. The second-order valence-electron chi connectivity index (χ2n) is 8.35. The summed E-state index contributed by atoms with van der Waals surface area (Å²) in [6.07, 6.45) is 5.05. The van der Waals surface area contributed by atoms with Crippen LogP contribution in [-0.2, 0) is 23.2 Å². The number of fused-ring (bicyclic) bond motifs is 2. The highest BCUT2D eigenvalue weighted by molar-refractivity contribution is 5.94. The molecule has 5 rings (SSSR count). The molecule has 1 spiro atoms. The van der Waals surface area contributed by atoms with Crippen molar-refractivity contribution in [1.82, 2.24) is 25.1 Å². The van der Waals surface area contributed by atoms with Crippen molar-refractivity contribution < 1.29 is 9.53 Å². The van der Waals surface area contributed by atoms with E-state index in [1.807, 2.05) is 48.4 Å². The Balaban J connectivity index is 1.39. The lowest BCUT2D eigenvalue weighted by Crippen LogP contribution is -2.49. The summed E-state index contributed by atoms with van der Waals surface area (Å²) in [5.41, 5.74) is 5.20. The molecular formula is C24H27N5O2. The van der Waals surface area contributed by atoms with Gasteiger partial charge in [0, 0.05) is 36.1 Å². The molecule has 4 heterocycles. The Kier molecular flexibility index (Phi) is 5.06. The lowest BCUT2D eigenvalue weighted by Gasteiger charge is -2.44. The number of hydrogen-bond acceptors (Lipinski definition) is 5. The van der Waals surface area contributed by atoms with E-state index >= 15 is 0 Å². The van der Waals surface area contributed by atoms with E-state index in [-0.39, 0.29) is 5.91 Å². The molecule has 0 atom stereocenters. The van der Waals surface area contributed by atoms with Crippen molar-refractivity contribution >= 4 is 5.91 Å². The molecule has 1 amide bonds. The normalized spacial score (nSPS) is 17.5. The molecule has 1 fully saturated rings. The minimum Gasteiger partial charge on any atom is -0.368 e. The van der Waals surface area contributed by atoms with Gasteiger partial charge in [0.15, 0.2) is 11.5 Å². The van der Waals surface area contributed by atoms with Crippen LogP contribution in [0.25, 0.3) is 11.4 Å². The maximum Gasteiger partial charge on any atom is 0.274 e. The molecule has 160 valence electrons. The van der Waals surface area contributed by atoms with Gasteiger partial charge in [0.1, 0.15) is 5.60 Å². The highest BCUT2D eigenvalue weighted by Gasteiger charge is 2.43. The molecule has 2 aliphatic heterocycles. The maximum absolute atomic E-state index is 13.1. The first-order valence-corrected chi connectivity index (χ1v) is 11.0. The third kappa shape index (κ3) is 3.43. The third-order valence-corrected chi connectivity index (χ3v) is 6.60. The van der Waals surface area contributed by atoms with Gasteiger partial charge in [0.25, 0.3) is 5.91 Å². The zero-order chi connectivity index (χ0) is 21.4. The molecule has 0 saturated carbocycles. The Labute approximate surface area is 181 Å². The van der Waals surface area contributed by atoms with Crippen molar-refractivity contribution in [3.8, 4) is 11.4 Å². The Morgan fingerprint density at radius 3 is 2.71 bits per heavy atom. The van der Waals surface area contributed by atoms with Gasteiger partial charge < -0.3 is 9.64 Å². The number of benzene rings is 1. The molecule has 0 bridgehead atoms. The molecular weight excluding hydrogens is 390 g/mol. The third-order valence-electron chi connectivity index (χ3n) is 6.60. The molecule has 0 unspecified atom stereocenters. The van der Waals surface area contributed by atoms with E-state index in [1.54, 1.807) is 0 Å². The van der Waals surface area contributed by atoms with Gasteiger partial charge in [-0.15, -0.1) is 0 Å². The van der Waals surface area contributed by atoms with Crippen molar-refractivity contribution in [3.63, 3.8) is 0 Å². The first kappa shape index (κ1) is 19.9. The zero-order valence-electron chi connectivity index (χ0n) is 18.0. The summed E-state index contributed by atoms with van der Waals surface area (Å²) in [6, 6.07) is 10.0. The molecule has 1 N–H and O–H groups in total. The van der Waals surface area contributed by atoms with Crippen molar-refractivity contribution in [2.75, 3.05) is 19.7 Å². The number of hydrogen-bond donors (Lipinski definition) is 1. The minimum atomic E-state index is -0.452. The van der Waals surface area contributed by atoms with Gasteiger partial charge in [-0.05, 0) is 38.2 Å². The Hall–Kier alpha value is -3.06. The fourth-order valence-electron chi connectivity index (χ4n) is 4.72. The van der Waals surface area contributed by atoms with E-state index in [2.05, 4.69) is 22.1 Å². The summed E-state index contributed by atoms with van der Waals surface area (Å²) in [5.74, 6) is 0.717. The lowest BCUT2D eigenvalue weighted by molar-refractivity contribution is -0.0967. The highest BCUT2D eigenvalue weighted by atomic mass is 16.5. The van der Waals surface area contributed by atoms with Gasteiger partial charge in [-0.2, -0.15) is 5.10 Å². The molecule has 1 saturated heterocycles. The van der Waals surface area contributed by atoms with Crippen LogP contribution in [-0.4, -0.2) is 50.7 Å². The SMILES string of the molecule is CCc1[nH]nc(C(=O)N2CCC3(CC2)OCCc2cnc(-c4ccccc4)nc23)c1C. The highest BCUT2D eigenvalue weighted by Crippen LogP contribution is 2.41. The summed E-state index contributed by atoms with van der Waals surface area (Å²) in [5, 5.41) is 7.27. The van der Waals surface area contributed by atoms with Gasteiger partial charge in [-0.25, -0.2) is 9.97 Å². The Morgan fingerprint density at radius 2 is 2.00 bits per heavy atom. The summed E-state index contributed by atoms with van der Waals surface area (Å²) >= 11 is 0. The quantitative estimate of drug-likeness (QED) is 0.706. The van der Waals surface area contributed by atoms with Crippen LogP contribution in [0.4, 0.5) is 0 Å². The van der Waals surface area contributed by atoms with Gasteiger partial charge in [-0.3, -0.25) is 9.89 Å². The molecule has 2 aromatic heterocycles. The second kappa shape index (κ2) is 7.89. The van der Waals surface area contributed by atoms with E-state index in [0.29, 0.717) is 25.4 Å². The number of amides is 1. The number of nitrogens with zero attached hydrogens (tertiary/aromatic N) is 4. The number of carbonyl (C=O) groups excluding carboxylic acids is 1. The van der Waals surface area contributed by atoms with E-state index < -0.39 is 5.60 Å². The number of ether oxygens (including phenoxy) is 1. The van der Waals surface area contributed by atoms with Crippen molar-refractivity contribution in [2.45, 2.75) is 45.1 Å². The van der Waals surface area contributed by atoms with E-state index in [1.165, 1.54) is 0 Å². The van der Waals surface area contributed by atoms with Crippen LogP contribution in [0.5, 0.6) is 0 Å². The number of piperidine rings is 1. The van der Waals surface area contributed by atoms with Gasteiger partial charge in [0.2, 0.25) is 0 Å². The number of aromatic nitrogens is 4. The number of aryl methyl sites for hydroxylation is 1. The first-order valence-electron chi connectivity index (χ1n) is 11.0. The second-order valence-corrected chi connectivity index (χ2v) is 8.35. The van der Waals surface area contributed by atoms with Gasteiger partial charge >= 0.3 is 0 Å². The number of likely N-dealkylation sites (tertiary alicyclic amines) is 1. The fourth-order valence-corrected chi connectivity index (χ4v) is 4.72. The van der Waals surface area contributed by atoms with Crippen molar-refractivity contribution in [2.24, 2.45) is 0 Å². The number of rotatable bonds is 3. The average molecular weight is 418 g/mol. The van der Waals surface area contributed by atoms with Crippen LogP contribution in [0.1, 0.15) is 52.8 Å². The first-order chi connectivity index (χ1) is 15.1. The molecule has 2 aliphatic rings. The molecule has 31 heavy (non-hydrogen) atoms. The van der Waals surface area contributed by atoms with Crippen LogP contribution in [0, 0.1) is 6.92 Å². The summed E-state index contributed by atoms with van der Waals surface area (Å²) in [7, 11) is 0. The van der Waals surface area contributed by atoms with Crippen LogP contribution in [0.15, 0.2) is 36.5 Å². The summed E-state index contributed by atoms with van der Waals surface area (Å²) in [6.45, 7) is 5.92. The standard InChI is InChI=1S/C24H27N5O2/c1-3-19-16(2)20(28-27-19)23(30)29-12-10-24(11-13-29)21-18(9-14-31-24)15-25-22(26-21)17-7-5-4-6-8-17/h4-8,15H,3,9-14H2,1-2H3,(H,27,28). The number of H-pyrrole nitrogens is 1. The number of carbonyl (C=O) groups is 1. The number of nitrogens with one attached hydrogen (secondary N) is 1. The van der Waals surface area contributed by atoms with Gasteiger partial charge in [-0.1, -0.05) is 37.3 Å². The van der Waals surface area contributed by atoms with Crippen molar-refractivity contribution in [1.29, 1.82) is 0 Å². The molecule has 1 aromatic carbocycles. The molecule has 7 heteroatoms. The van der Waals surface area contributed by atoms with Crippen molar-refractivity contribution in [3.05, 3.63) is 64.7 Å². The predicted molar refractivity (Wildman–Crippen MR) is 117 cm³/mol. The largest absolute Gasteiger partial charge is 0.368 e. The van der Waals surface area contributed by atoms with E-state index in [0.717, 1.165) is 59.6 Å². The molecule has 3 aromatic rings. The van der Waals surface area contributed by atoms with Crippen LogP contribution in [0.3, 0.4) is 0 Å². The maximum atomic E-state index is 13.1. The van der Waals surface area contributed by atoms with Crippen LogP contribution >= 0.6 is 0 Å².